The summed E-state index contributed by atoms with van der Waals surface area (Å²) in [5.41, 5.74) is 1.57. The van der Waals surface area contributed by atoms with Crippen molar-refractivity contribution >= 4 is 23.0 Å². The minimum Gasteiger partial charge on any atom is -0.342 e. The van der Waals surface area contributed by atoms with Crippen molar-refractivity contribution in [3.8, 4) is 0 Å². The second-order valence-corrected chi connectivity index (χ2v) is 7.28. The molecule has 0 N–H and O–H groups in total. The fraction of sp³-hybridized carbons (Fsp3) is 0.412. The number of halogens is 3. The molecule has 4 heterocycles. The van der Waals surface area contributed by atoms with E-state index in [0.29, 0.717) is 25.2 Å². The van der Waals surface area contributed by atoms with Crippen LogP contribution in [-0.2, 0) is 17.4 Å². The largest absolute Gasteiger partial charge is 0.453 e. The molecule has 10 heteroatoms. The van der Waals surface area contributed by atoms with E-state index >= 15 is 0 Å². The Labute approximate surface area is 156 Å². The van der Waals surface area contributed by atoms with Crippen LogP contribution in [0.15, 0.2) is 29.1 Å². The molecule has 0 bridgehead atoms. The fourth-order valence-corrected chi connectivity index (χ4v) is 4.03. The summed E-state index contributed by atoms with van der Waals surface area (Å²) < 4.78 is 39.9. The predicted octanol–water partition coefficient (Wildman–Crippen LogP) is 3.15. The zero-order valence-corrected chi connectivity index (χ0v) is 15.0. The first-order valence-electron chi connectivity index (χ1n) is 8.49. The van der Waals surface area contributed by atoms with Crippen molar-refractivity contribution in [1.29, 1.82) is 0 Å². The van der Waals surface area contributed by atoms with Crippen LogP contribution in [0.2, 0.25) is 0 Å². The van der Waals surface area contributed by atoms with Gasteiger partial charge in [-0.2, -0.15) is 29.5 Å². The smallest absolute Gasteiger partial charge is 0.342 e. The quantitative estimate of drug-likeness (QED) is 0.684. The van der Waals surface area contributed by atoms with Crippen LogP contribution in [-0.4, -0.2) is 43.5 Å². The summed E-state index contributed by atoms with van der Waals surface area (Å²) in [6.07, 6.45) is -1.30. The summed E-state index contributed by atoms with van der Waals surface area (Å²) in [5.74, 6) is -1.37. The topological polar surface area (TPSA) is 63.4 Å². The van der Waals surface area contributed by atoms with Crippen LogP contribution in [0.4, 0.5) is 13.2 Å². The number of hydrogen-bond donors (Lipinski definition) is 0. The van der Waals surface area contributed by atoms with Gasteiger partial charge in [0.1, 0.15) is 0 Å². The zero-order chi connectivity index (χ0) is 19.0. The van der Waals surface area contributed by atoms with Crippen molar-refractivity contribution in [2.45, 2.75) is 31.4 Å². The zero-order valence-electron chi connectivity index (χ0n) is 14.2. The van der Waals surface area contributed by atoms with Crippen LogP contribution < -0.4 is 0 Å². The average molecular weight is 395 g/mol. The number of aromatic nitrogens is 4. The Morgan fingerprint density at radius 1 is 1.33 bits per heavy atom. The molecule has 1 fully saturated rings. The Bertz CT molecular complexity index is 953. The van der Waals surface area contributed by atoms with Gasteiger partial charge in [0.15, 0.2) is 0 Å². The molecule has 0 radical (unpaired) electrons. The Hall–Kier alpha value is -2.49. The van der Waals surface area contributed by atoms with Gasteiger partial charge in [-0.25, -0.2) is 9.50 Å². The molecule has 1 aliphatic heterocycles. The number of hydrogen-bond acceptors (Lipinski definition) is 5. The number of nitrogens with zero attached hydrogens (tertiary/aromatic N) is 5. The van der Waals surface area contributed by atoms with Gasteiger partial charge in [0, 0.05) is 25.2 Å². The van der Waals surface area contributed by atoms with E-state index in [1.165, 1.54) is 6.20 Å². The number of fused-ring (bicyclic) bond motifs is 1. The fourth-order valence-electron chi connectivity index (χ4n) is 3.37. The molecule has 4 rings (SSSR count). The molecule has 1 unspecified atom stereocenters. The Balaban J connectivity index is 1.57. The van der Waals surface area contributed by atoms with Gasteiger partial charge in [-0.05, 0) is 41.3 Å². The van der Waals surface area contributed by atoms with Crippen LogP contribution in [0.25, 0.3) is 5.78 Å². The van der Waals surface area contributed by atoms with Crippen molar-refractivity contribution in [2.75, 3.05) is 13.1 Å². The highest BCUT2D eigenvalue weighted by atomic mass is 32.1. The number of thiophene rings is 1. The Morgan fingerprint density at radius 3 is 2.93 bits per heavy atom. The van der Waals surface area contributed by atoms with E-state index in [4.69, 9.17) is 0 Å². The predicted molar refractivity (Wildman–Crippen MR) is 92.4 cm³/mol. The van der Waals surface area contributed by atoms with Crippen LogP contribution in [0.3, 0.4) is 0 Å². The standard InChI is InChI=1S/C17H16F3N5OS/c18-17(19,20)15-22-16-21-5-3-13(25(16)23-15)12-2-1-6-24(9-12)14(26)8-11-4-7-27-10-11/h3-5,7,10,12H,1-2,6,8-9H2. The summed E-state index contributed by atoms with van der Waals surface area (Å²) in [7, 11) is 0. The number of rotatable bonds is 3. The van der Waals surface area contributed by atoms with E-state index in [2.05, 4.69) is 15.1 Å². The first-order chi connectivity index (χ1) is 12.9. The lowest BCUT2D eigenvalue weighted by atomic mass is 9.94. The van der Waals surface area contributed by atoms with Gasteiger partial charge in [-0.15, -0.1) is 5.10 Å². The Morgan fingerprint density at radius 2 is 2.19 bits per heavy atom. The molecular formula is C17H16F3N5OS. The molecule has 1 amide bonds. The molecule has 0 spiro atoms. The maximum atomic E-state index is 12.9. The number of amides is 1. The van der Waals surface area contributed by atoms with E-state index < -0.39 is 12.0 Å². The molecule has 3 aromatic rings. The first kappa shape index (κ1) is 17.9. The van der Waals surface area contributed by atoms with Crippen LogP contribution in [0.5, 0.6) is 0 Å². The second-order valence-electron chi connectivity index (χ2n) is 6.50. The van der Waals surface area contributed by atoms with Crippen molar-refractivity contribution in [3.05, 3.63) is 46.2 Å². The Kier molecular flexibility index (Phi) is 4.58. The molecule has 27 heavy (non-hydrogen) atoms. The van der Waals surface area contributed by atoms with Gasteiger partial charge >= 0.3 is 6.18 Å². The highest BCUT2D eigenvalue weighted by molar-refractivity contribution is 7.08. The minimum atomic E-state index is -4.62. The third kappa shape index (κ3) is 3.66. The number of carbonyl (C=O) groups is 1. The van der Waals surface area contributed by atoms with Crippen molar-refractivity contribution in [3.63, 3.8) is 0 Å². The first-order valence-corrected chi connectivity index (χ1v) is 9.44. The SMILES string of the molecule is O=C(Cc1ccsc1)N1CCCC(c2ccnc3nc(C(F)(F)F)nn23)C1. The molecule has 0 saturated carbocycles. The van der Waals surface area contributed by atoms with Gasteiger partial charge in [0.25, 0.3) is 11.6 Å². The molecule has 1 saturated heterocycles. The van der Waals surface area contributed by atoms with E-state index in [1.807, 2.05) is 16.8 Å². The van der Waals surface area contributed by atoms with Gasteiger partial charge in [-0.3, -0.25) is 4.79 Å². The molecule has 0 aromatic carbocycles. The molecular weight excluding hydrogens is 379 g/mol. The second kappa shape index (κ2) is 6.91. The van der Waals surface area contributed by atoms with E-state index in [-0.39, 0.29) is 17.6 Å². The van der Waals surface area contributed by atoms with Crippen molar-refractivity contribution in [1.82, 2.24) is 24.5 Å². The van der Waals surface area contributed by atoms with Crippen LogP contribution >= 0.6 is 11.3 Å². The maximum absolute atomic E-state index is 12.9. The summed E-state index contributed by atoms with van der Waals surface area (Å²) in [6.45, 7) is 1.10. The minimum absolute atomic E-state index is 0.0259. The molecule has 6 nitrogen and oxygen atoms in total. The molecule has 3 aromatic heterocycles. The van der Waals surface area contributed by atoms with E-state index in [9.17, 15) is 18.0 Å². The van der Waals surface area contributed by atoms with Gasteiger partial charge < -0.3 is 4.90 Å². The molecule has 142 valence electrons. The third-order valence-corrected chi connectivity index (χ3v) is 5.38. The lowest BCUT2D eigenvalue weighted by Gasteiger charge is -2.33. The highest BCUT2D eigenvalue weighted by Gasteiger charge is 2.37. The number of likely N-dealkylation sites (tertiary alicyclic amines) is 1. The van der Waals surface area contributed by atoms with E-state index in [1.54, 1.807) is 22.3 Å². The molecule has 1 atom stereocenters. The summed E-state index contributed by atoms with van der Waals surface area (Å²) in [4.78, 5) is 21.7. The van der Waals surface area contributed by atoms with Crippen LogP contribution in [0, 0.1) is 0 Å². The molecule has 1 aliphatic rings. The van der Waals surface area contributed by atoms with Gasteiger partial charge in [0.05, 0.1) is 12.1 Å². The maximum Gasteiger partial charge on any atom is 0.453 e. The monoisotopic (exact) mass is 395 g/mol. The summed E-state index contributed by atoms with van der Waals surface area (Å²) in [6, 6.07) is 3.57. The van der Waals surface area contributed by atoms with Crippen LogP contribution in [0.1, 0.15) is 35.8 Å². The lowest BCUT2D eigenvalue weighted by molar-refractivity contribution is -0.144. The van der Waals surface area contributed by atoms with Gasteiger partial charge in [-0.1, -0.05) is 0 Å². The molecule has 0 aliphatic carbocycles. The average Bonchev–Trinajstić information content (AvgIpc) is 3.30. The van der Waals surface area contributed by atoms with Crippen molar-refractivity contribution < 1.29 is 18.0 Å². The number of carbonyl (C=O) groups excluding carboxylic acids is 1. The third-order valence-electron chi connectivity index (χ3n) is 4.65. The lowest BCUT2D eigenvalue weighted by Crippen LogP contribution is -2.40. The summed E-state index contributed by atoms with van der Waals surface area (Å²) in [5, 5.41) is 7.48. The van der Waals surface area contributed by atoms with E-state index in [0.717, 1.165) is 22.9 Å². The van der Waals surface area contributed by atoms with Gasteiger partial charge in [0.2, 0.25) is 5.91 Å². The van der Waals surface area contributed by atoms with Crippen molar-refractivity contribution in [2.24, 2.45) is 0 Å². The number of alkyl halides is 3. The normalized spacial score (nSPS) is 18.2. The highest BCUT2D eigenvalue weighted by Crippen LogP contribution is 2.30. The number of piperidine rings is 1. The summed E-state index contributed by atoms with van der Waals surface area (Å²) >= 11 is 1.54.